The van der Waals surface area contributed by atoms with Gasteiger partial charge in [-0.2, -0.15) is 0 Å². The minimum absolute atomic E-state index is 0.0471. The molecule has 2 aromatic rings. The molecule has 0 unspecified atom stereocenters. The minimum Gasteiger partial charge on any atom is -0.337 e. The maximum atomic E-state index is 13.1. The molecule has 1 saturated heterocycles. The van der Waals surface area contributed by atoms with Gasteiger partial charge >= 0.3 is 0 Å². The summed E-state index contributed by atoms with van der Waals surface area (Å²) in [4.78, 5) is 36.6. The summed E-state index contributed by atoms with van der Waals surface area (Å²) in [6.07, 6.45) is 0.501. The highest BCUT2D eigenvalue weighted by atomic mass is 32.2. The van der Waals surface area contributed by atoms with Gasteiger partial charge in [-0.05, 0) is 38.7 Å². The van der Waals surface area contributed by atoms with Gasteiger partial charge in [-0.25, -0.2) is 13.4 Å². The lowest BCUT2D eigenvalue weighted by atomic mass is 10.1. The van der Waals surface area contributed by atoms with E-state index in [1.165, 1.54) is 23.1 Å². The second-order valence-electron chi connectivity index (χ2n) is 8.37. The van der Waals surface area contributed by atoms with Crippen molar-refractivity contribution in [3.8, 4) is 0 Å². The number of carbonyl (C=O) groups is 1. The Bertz CT molecular complexity index is 1100. The molecule has 1 aliphatic rings. The summed E-state index contributed by atoms with van der Waals surface area (Å²) in [5.74, 6) is 1.35. The Morgan fingerprint density at radius 3 is 2.63 bits per heavy atom. The number of H-pyrrole nitrogens is 1. The molecule has 3 rings (SSSR count). The number of thiophene rings is 1. The molecule has 30 heavy (non-hydrogen) atoms. The van der Waals surface area contributed by atoms with E-state index in [0.29, 0.717) is 29.9 Å². The van der Waals surface area contributed by atoms with Crippen LogP contribution in [0, 0.1) is 19.8 Å². The number of aromatic nitrogens is 2. The number of aryl methyl sites for hydroxylation is 2. The third-order valence-electron chi connectivity index (χ3n) is 5.40. The Labute approximate surface area is 185 Å². The van der Waals surface area contributed by atoms with Crippen LogP contribution in [0.5, 0.6) is 0 Å². The summed E-state index contributed by atoms with van der Waals surface area (Å²) in [6.45, 7) is 10.3. The maximum Gasteiger partial charge on any atom is 0.259 e. The van der Waals surface area contributed by atoms with Crippen molar-refractivity contribution >= 4 is 49.1 Å². The van der Waals surface area contributed by atoms with E-state index in [9.17, 15) is 18.0 Å². The SMILES string of the molecule is Cc1sc2nc(CS[C@@H](C)C(=O)N(CC(C)C)[C@H]3CCS(=O)(=O)C3)[nH]c(=O)c2c1C. The fourth-order valence-electron chi connectivity index (χ4n) is 3.71. The van der Waals surface area contributed by atoms with Gasteiger partial charge in [0.25, 0.3) is 5.56 Å². The number of hydrogen-bond acceptors (Lipinski definition) is 7. The lowest BCUT2D eigenvalue weighted by molar-refractivity contribution is -0.132. The molecule has 0 spiro atoms. The molecule has 1 N–H and O–H groups in total. The smallest absolute Gasteiger partial charge is 0.259 e. The summed E-state index contributed by atoms with van der Waals surface area (Å²) in [7, 11) is -3.07. The molecule has 0 radical (unpaired) electrons. The van der Waals surface area contributed by atoms with Crippen LogP contribution in [0.4, 0.5) is 0 Å². The van der Waals surface area contributed by atoms with Gasteiger partial charge in [0.05, 0.1) is 27.9 Å². The highest BCUT2D eigenvalue weighted by Crippen LogP contribution is 2.27. The molecule has 0 bridgehead atoms. The largest absolute Gasteiger partial charge is 0.337 e. The summed E-state index contributed by atoms with van der Waals surface area (Å²) >= 11 is 2.91. The van der Waals surface area contributed by atoms with E-state index in [-0.39, 0.29) is 40.2 Å². The zero-order valence-electron chi connectivity index (χ0n) is 18.0. The van der Waals surface area contributed by atoms with Crippen molar-refractivity contribution in [1.29, 1.82) is 0 Å². The van der Waals surface area contributed by atoms with Gasteiger partial charge in [0.1, 0.15) is 10.7 Å². The van der Waals surface area contributed by atoms with Gasteiger partial charge in [0.15, 0.2) is 9.84 Å². The zero-order valence-corrected chi connectivity index (χ0v) is 20.5. The van der Waals surface area contributed by atoms with Gasteiger partial charge in [0, 0.05) is 17.5 Å². The van der Waals surface area contributed by atoms with E-state index in [0.717, 1.165) is 15.3 Å². The standard InChI is InChI=1S/C20H29N3O4S3/c1-11(2)8-23(15-6-7-30(26,27)10-15)20(25)14(5)28-9-16-21-18(24)17-12(3)13(4)29-19(17)22-16/h11,14-15H,6-10H2,1-5H3,(H,21,22,24)/t14-,15-/m0/s1. The van der Waals surface area contributed by atoms with Gasteiger partial charge < -0.3 is 9.88 Å². The third-order valence-corrected chi connectivity index (χ3v) is 9.39. The quantitative estimate of drug-likeness (QED) is 0.666. The number of nitrogens with zero attached hydrogens (tertiary/aromatic N) is 2. The highest BCUT2D eigenvalue weighted by molar-refractivity contribution is 7.99. The Morgan fingerprint density at radius 2 is 2.03 bits per heavy atom. The maximum absolute atomic E-state index is 13.1. The second kappa shape index (κ2) is 9.00. The topological polar surface area (TPSA) is 100 Å². The van der Waals surface area contributed by atoms with Crippen molar-refractivity contribution in [2.45, 2.75) is 58.1 Å². The average molecular weight is 472 g/mol. The summed E-state index contributed by atoms with van der Waals surface area (Å²) in [5.41, 5.74) is 0.816. The number of nitrogens with one attached hydrogen (secondary N) is 1. The first-order valence-corrected chi connectivity index (χ1v) is 13.8. The number of aromatic amines is 1. The van der Waals surface area contributed by atoms with E-state index in [1.54, 1.807) is 4.90 Å². The first-order chi connectivity index (χ1) is 14.0. The molecule has 2 aromatic heterocycles. The first-order valence-electron chi connectivity index (χ1n) is 10.1. The van der Waals surface area contributed by atoms with Crippen LogP contribution in [0.3, 0.4) is 0 Å². The van der Waals surface area contributed by atoms with E-state index in [1.807, 2.05) is 34.6 Å². The molecule has 1 aliphatic heterocycles. The predicted octanol–water partition coefficient (Wildman–Crippen LogP) is 2.89. The highest BCUT2D eigenvalue weighted by Gasteiger charge is 2.36. The number of thioether (sulfide) groups is 1. The molecule has 7 nitrogen and oxygen atoms in total. The fraction of sp³-hybridized carbons (Fsp3) is 0.650. The van der Waals surface area contributed by atoms with Crippen LogP contribution in [0.15, 0.2) is 4.79 Å². The third kappa shape index (κ3) is 5.08. The molecule has 0 saturated carbocycles. The van der Waals surface area contributed by atoms with Crippen LogP contribution < -0.4 is 5.56 Å². The lowest BCUT2D eigenvalue weighted by Gasteiger charge is -2.32. The van der Waals surface area contributed by atoms with Crippen molar-refractivity contribution in [2.75, 3.05) is 18.1 Å². The lowest BCUT2D eigenvalue weighted by Crippen LogP contribution is -2.46. The van der Waals surface area contributed by atoms with Gasteiger partial charge in [-0.3, -0.25) is 9.59 Å². The molecule has 2 atom stereocenters. The van der Waals surface area contributed by atoms with E-state index in [4.69, 9.17) is 0 Å². The molecule has 1 fully saturated rings. The number of sulfone groups is 1. The van der Waals surface area contributed by atoms with Gasteiger partial charge in [0.2, 0.25) is 5.91 Å². The predicted molar refractivity (Wildman–Crippen MR) is 124 cm³/mol. The van der Waals surface area contributed by atoms with Crippen molar-refractivity contribution < 1.29 is 13.2 Å². The summed E-state index contributed by atoms with van der Waals surface area (Å²) < 4.78 is 23.8. The van der Waals surface area contributed by atoms with Crippen molar-refractivity contribution in [3.05, 3.63) is 26.6 Å². The first kappa shape index (κ1) is 23.3. The number of amides is 1. The molecule has 0 aliphatic carbocycles. The molecule has 1 amide bonds. The number of fused-ring (bicyclic) bond motifs is 1. The van der Waals surface area contributed by atoms with Gasteiger partial charge in [-0.1, -0.05) is 13.8 Å². The van der Waals surface area contributed by atoms with Crippen molar-refractivity contribution in [1.82, 2.24) is 14.9 Å². The zero-order chi connectivity index (χ0) is 22.2. The van der Waals surface area contributed by atoms with Crippen molar-refractivity contribution in [2.24, 2.45) is 5.92 Å². The molecule has 166 valence electrons. The molecule has 0 aromatic carbocycles. The Morgan fingerprint density at radius 1 is 1.33 bits per heavy atom. The molecule has 10 heteroatoms. The minimum atomic E-state index is -3.07. The second-order valence-corrected chi connectivity index (χ2v) is 13.1. The van der Waals surface area contributed by atoms with E-state index in [2.05, 4.69) is 9.97 Å². The molecular weight excluding hydrogens is 442 g/mol. The normalized spacial score (nSPS) is 19.5. The Kier molecular flexibility index (Phi) is 6.98. The summed E-state index contributed by atoms with van der Waals surface area (Å²) in [6, 6.07) is -0.251. The van der Waals surface area contributed by atoms with Crippen LogP contribution >= 0.6 is 23.1 Å². The van der Waals surface area contributed by atoms with Crippen LogP contribution in [0.25, 0.3) is 10.2 Å². The monoisotopic (exact) mass is 471 g/mol. The van der Waals surface area contributed by atoms with Crippen LogP contribution in [-0.4, -0.2) is 58.5 Å². The Balaban J connectivity index is 1.72. The molecule has 3 heterocycles. The Hall–Kier alpha value is -1.39. The van der Waals surface area contributed by atoms with E-state index < -0.39 is 9.84 Å². The van der Waals surface area contributed by atoms with Crippen LogP contribution in [-0.2, 0) is 20.4 Å². The fourth-order valence-corrected chi connectivity index (χ4v) is 7.31. The molecular formula is C20H29N3O4S3. The average Bonchev–Trinajstić information content (AvgIpc) is 3.15. The number of hydrogen-bond donors (Lipinski definition) is 1. The van der Waals surface area contributed by atoms with Crippen LogP contribution in [0.1, 0.15) is 43.5 Å². The summed E-state index contributed by atoms with van der Waals surface area (Å²) in [5, 5.41) is 0.279. The number of rotatable bonds is 7. The van der Waals surface area contributed by atoms with E-state index >= 15 is 0 Å². The number of carbonyl (C=O) groups excluding carboxylic acids is 1. The van der Waals surface area contributed by atoms with Crippen molar-refractivity contribution in [3.63, 3.8) is 0 Å². The van der Waals surface area contributed by atoms with Crippen LogP contribution in [0.2, 0.25) is 0 Å². The van der Waals surface area contributed by atoms with Gasteiger partial charge in [-0.15, -0.1) is 23.1 Å².